The summed E-state index contributed by atoms with van der Waals surface area (Å²) in [4.78, 5) is 15.2. The van der Waals surface area contributed by atoms with E-state index in [1.807, 2.05) is 0 Å². The van der Waals surface area contributed by atoms with Gasteiger partial charge in [-0.2, -0.15) is 18.3 Å². The van der Waals surface area contributed by atoms with E-state index >= 15 is 0 Å². The number of halogens is 4. The maximum atomic E-state index is 13.2. The van der Waals surface area contributed by atoms with E-state index in [-0.39, 0.29) is 11.3 Å². The van der Waals surface area contributed by atoms with Gasteiger partial charge in [-0.25, -0.2) is 14.3 Å². The molecule has 0 amide bonds. The third-order valence-corrected chi connectivity index (χ3v) is 3.66. The Morgan fingerprint density at radius 3 is 2.43 bits per heavy atom. The van der Waals surface area contributed by atoms with E-state index in [2.05, 4.69) is 26.0 Å². The Kier molecular flexibility index (Phi) is 3.59. The second kappa shape index (κ2) is 5.34. The standard InChI is InChI=1S/C14H7BrF3N3O2/c15-8-3-1-7(2-4-8)10-5-11(14(16,17)18)21-12(20-10)9(6-19-21)13(22)23/h1-6H,(H,22,23). The van der Waals surface area contributed by atoms with Gasteiger partial charge in [-0.1, -0.05) is 28.1 Å². The summed E-state index contributed by atoms with van der Waals surface area (Å²) in [6.07, 6.45) is -3.85. The lowest BCUT2D eigenvalue weighted by atomic mass is 10.1. The van der Waals surface area contributed by atoms with Crippen molar-refractivity contribution in [3.63, 3.8) is 0 Å². The first kappa shape index (κ1) is 15.5. The van der Waals surface area contributed by atoms with Crippen molar-refractivity contribution < 1.29 is 23.1 Å². The highest BCUT2D eigenvalue weighted by molar-refractivity contribution is 9.10. The fourth-order valence-corrected chi connectivity index (χ4v) is 2.35. The first-order valence-electron chi connectivity index (χ1n) is 6.22. The molecule has 1 N–H and O–H groups in total. The van der Waals surface area contributed by atoms with E-state index in [9.17, 15) is 18.0 Å². The largest absolute Gasteiger partial charge is 0.477 e. The van der Waals surface area contributed by atoms with Crippen molar-refractivity contribution in [1.82, 2.24) is 14.6 Å². The molecule has 3 rings (SSSR count). The van der Waals surface area contributed by atoms with Crippen molar-refractivity contribution >= 4 is 27.5 Å². The van der Waals surface area contributed by atoms with Crippen LogP contribution in [0.5, 0.6) is 0 Å². The minimum absolute atomic E-state index is 0.0142. The minimum atomic E-state index is -4.70. The molecule has 0 aliphatic rings. The molecule has 2 heterocycles. The molecule has 0 spiro atoms. The van der Waals surface area contributed by atoms with Crippen LogP contribution in [0.15, 0.2) is 41.0 Å². The number of fused-ring (bicyclic) bond motifs is 1. The number of hydrogen-bond donors (Lipinski definition) is 1. The lowest BCUT2D eigenvalue weighted by Gasteiger charge is -2.11. The van der Waals surface area contributed by atoms with Gasteiger partial charge in [-0.05, 0) is 18.2 Å². The van der Waals surface area contributed by atoms with Gasteiger partial charge in [0.1, 0.15) is 5.56 Å². The van der Waals surface area contributed by atoms with Crippen molar-refractivity contribution in [3.8, 4) is 11.3 Å². The molecule has 23 heavy (non-hydrogen) atoms. The minimum Gasteiger partial charge on any atom is -0.477 e. The van der Waals surface area contributed by atoms with Crippen LogP contribution < -0.4 is 0 Å². The molecule has 0 atom stereocenters. The molecule has 0 unspecified atom stereocenters. The van der Waals surface area contributed by atoms with Gasteiger partial charge in [0.2, 0.25) is 0 Å². The smallest absolute Gasteiger partial charge is 0.433 e. The number of carboxylic acid groups (broad SMARTS) is 1. The van der Waals surface area contributed by atoms with Gasteiger partial charge in [-0.3, -0.25) is 0 Å². The van der Waals surface area contributed by atoms with E-state index in [0.29, 0.717) is 10.1 Å². The molecule has 1 aromatic carbocycles. The average molecular weight is 386 g/mol. The van der Waals surface area contributed by atoms with Crippen LogP contribution in [0.25, 0.3) is 16.9 Å². The molecule has 3 aromatic rings. The SMILES string of the molecule is O=C(O)c1cnn2c(C(F)(F)F)cc(-c3ccc(Br)cc3)nc12. The zero-order valence-corrected chi connectivity index (χ0v) is 12.8. The lowest BCUT2D eigenvalue weighted by Crippen LogP contribution is -2.14. The number of aromatic nitrogens is 3. The fourth-order valence-electron chi connectivity index (χ4n) is 2.08. The predicted molar refractivity (Wildman–Crippen MR) is 78.1 cm³/mol. The molecule has 0 radical (unpaired) electrons. The maximum absolute atomic E-state index is 13.2. The van der Waals surface area contributed by atoms with Crippen molar-refractivity contribution in [2.45, 2.75) is 6.18 Å². The number of nitrogens with zero attached hydrogens (tertiary/aromatic N) is 3. The lowest BCUT2D eigenvalue weighted by molar-refractivity contribution is -0.142. The molecule has 0 aliphatic carbocycles. The first-order chi connectivity index (χ1) is 10.8. The van der Waals surface area contributed by atoms with Crippen LogP contribution in [0.2, 0.25) is 0 Å². The Labute approximate surface area is 135 Å². The summed E-state index contributed by atoms with van der Waals surface area (Å²) in [5.74, 6) is -1.39. The zero-order valence-electron chi connectivity index (χ0n) is 11.2. The Balaban J connectivity index is 2.33. The van der Waals surface area contributed by atoms with E-state index in [1.54, 1.807) is 24.3 Å². The van der Waals surface area contributed by atoms with Crippen molar-refractivity contribution in [2.24, 2.45) is 0 Å². The van der Waals surface area contributed by atoms with Gasteiger partial charge in [0, 0.05) is 10.0 Å². The summed E-state index contributed by atoms with van der Waals surface area (Å²) >= 11 is 3.24. The Morgan fingerprint density at radius 1 is 1.22 bits per heavy atom. The average Bonchev–Trinajstić information content (AvgIpc) is 2.89. The summed E-state index contributed by atoms with van der Waals surface area (Å²) in [5, 5.41) is 12.6. The van der Waals surface area contributed by atoms with Gasteiger partial charge in [0.05, 0.1) is 11.9 Å². The van der Waals surface area contributed by atoms with Crippen molar-refractivity contribution in [2.75, 3.05) is 0 Å². The van der Waals surface area contributed by atoms with Crippen LogP contribution in [0.3, 0.4) is 0 Å². The molecular weight excluding hydrogens is 379 g/mol. The van der Waals surface area contributed by atoms with Crippen LogP contribution in [-0.4, -0.2) is 25.7 Å². The number of hydrogen-bond acceptors (Lipinski definition) is 3. The van der Waals surface area contributed by atoms with Crippen LogP contribution in [0.4, 0.5) is 13.2 Å². The third kappa shape index (κ3) is 2.79. The molecule has 0 aliphatic heterocycles. The Morgan fingerprint density at radius 2 is 1.87 bits per heavy atom. The number of benzene rings is 1. The van der Waals surface area contributed by atoms with Crippen LogP contribution >= 0.6 is 15.9 Å². The van der Waals surface area contributed by atoms with Crippen molar-refractivity contribution in [3.05, 3.63) is 52.3 Å². The fraction of sp³-hybridized carbons (Fsp3) is 0.0714. The molecule has 0 saturated carbocycles. The van der Waals surface area contributed by atoms with E-state index in [0.717, 1.165) is 16.7 Å². The van der Waals surface area contributed by atoms with Crippen LogP contribution in [0.1, 0.15) is 16.1 Å². The first-order valence-corrected chi connectivity index (χ1v) is 7.02. The summed E-state index contributed by atoms with van der Waals surface area (Å²) in [5.41, 5.74) is -1.40. The van der Waals surface area contributed by atoms with Gasteiger partial charge in [0.15, 0.2) is 11.3 Å². The number of carboxylic acids is 1. The Bertz CT molecular complexity index is 904. The van der Waals surface area contributed by atoms with Gasteiger partial charge in [-0.15, -0.1) is 0 Å². The van der Waals surface area contributed by atoms with E-state index < -0.39 is 23.4 Å². The maximum Gasteiger partial charge on any atom is 0.433 e. The number of rotatable bonds is 2. The zero-order chi connectivity index (χ0) is 16.8. The molecule has 0 saturated heterocycles. The quantitative estimate of drug-likeness (QED) is 0.726. The number of aromatic carboxylic acids is 1. The molecule has 0 bridgehead atoms. The number of alkyl halides is 3. The summed E-state index contributed by atoms with van der Waals surface area (Å²) in [7, 11) is 0. The highest BCUT2D eigenvalue weighted by atomic mass is 79.9. The number of carbonyl (C=O) groups is 1. The summed E-state index contributed by atoms with van der Waals surface area (Å²) in [6, 6.07) is 7.32. The molecule has 9 heteroatoms. The highest BCUT2D eigenvalue weighted by Crippen LogP contribution is 2.33. The van der Waals surface area contributed by atoms with Gasteiger partial charge >= 0.3 is 12.1 Å². The third-order valence-electron chi connectivity index (χ3n) is 3.13. The Hall–Kier alpha value is -2.42. The normalized spacial score (nSPS) is 11.8. The molecule has 5 nitrogen and oxygen atoms in total. The second-order valence-corrected chi connectivity index (χ2v) is 5.55. The predicted octanol–water partition coefficient (Wildman–Crippen LogP) is 3.88. The summed E-state index contributed by atoms with van der Waals surface area (Å²) < 4.78 is 41.0. The molecular formula is C14H7BrF3N3O2. The topological polar surface area (TPSA) is 67.5 Å². The van der Waals surface area contributed by atoms with Gasteiger partial charge in [0.25, 0.3) is 0 Å². The van der Waals surface area contributed by atoms with Gasteiger partial charge < -0.3 is 5.11 Å². The van der Waals surface area contributed by atoms with E-state index in [1.165, 1.54) is 0 Å². The molecule has 118 valence electrons. The molecule has 0 fully saturated rings. The molecule has 2 aromatic heterocycles. The van der Waals surface area contributed by atoms with Crippen LogP contribution in [-0.2, 0) is 6.18 Å². The monoisotopic (exact) mass is 385 g/mol. The summed E-state index contributed by atoms with van der Waals surface area (Å²) in [6.45, 7) is 0. The van der Waals surface area contributed by atoms with E-state index in [4.69, 9.17) is 5.11 Å². The van der Waals surface area contributed by atoms with Crippen molar-refractivity contribution in [1.29, 1.82) is 0 Å². The highest BCUT2D eigenvalue weighted by Gasteiger charge is 2.36. The second-order valence-electron chi connectivity index (χ2n) is 4.63. The van der Waals surface area contributed by atoms with Crippen LogP contribution in [0, 0.1) is 0 Å².